The summed E-state index contributed by atoms with van der Waals surface area (Å²) >= 11 is 0. The van der Waals surface area contributed by atoms with Crippen molar-refractivity contribution in [3.63, 3.8) is 0 Å². The van der Waals surface area contributed by atoms with Gasteiger partial charge in [0.05, 0.1) is 14.2 Å². The van der Waals surface area contributed by atoms with Crippen LogP contribution in [-0.2, 0) is 6.54 Å². The number of benzene rings is 1. The Kier molecular flexibility index (Phi) is 4.82. The fourth-order valence-corrected chi connectivity index (χ4v) is 1.55. The summed E-state index contributed by atoms with van der Waals surface area (Å²) in [4.78, 5) is 0. The highest BCUT2D eigenvalue weighted by molar-refractivity contribution is 5.46. The average Bonchev–Trinajstić information content (AvgIpc) is 2.35. The zero-order valence-electron chi connectivity index (χ0n) is 11.5. The molecule has 0 saturated carbocycles. The molecule has 0 aromatic heterocycles. The van der Waals surface area contributed by atoms with Crippen molar-refractivity contribution >= 4 is 0 Å². The molecule has 0 aliphatic carbocycles. The maximum atomic E-state index is 5.40. The Morgan fingerprint density at radius 1 is 1.18 bits per heavy atom. The molecule has 0 aliphatic heterocycles. The zero-order valence-corrected chi connectivity index (χ0v) is 11.5. The van der Waals surface area contributed by atoms with Gasteiger partial charge in [-0.15, -0.1) is 0 Å². The van der Waals surface area contributed by atoms with Crippen molar-refractivity contribution in [2.24, 2.45) is 0 Å². The van der Waals surface area contributed by atoms with Crippen molar-refractivity contribution in [3.8, 4) is 11.5 Å². The fourth-order valence-electron chi connectivity index (χ4n) is 1.55. The molecule has 1 N–H and O–H groups in total. The summed E-state index contributed by atoms with van der Waals surface area (Å²) in [5.74, 6) is 1.59. The van der Waals surface area contributed by atoms with Crippen molar-refractivity contribution in [1.82, 2.24) is 5.32 Å². The smallest absolute Gasteiger partial charge is 0.165 e. The van der Waals surface area contributed by atoms with Crippen LogP contribution in [0.2, 0.25) is 0 Å². The van der Waals surface area contributed by atoms with E-state index in [1.54, 1.807) is 14.2 Å². The van der Waals surface area contributed by atoms with Crippen LogP contribution in [-0.4, -0.2) is 19.8 Å². The normalized spacial score (nSPS) is 11.4. The van der Waals surface area contributed by atoms with Gasteiger partial charge in [0.15, 0.2) is 11.5 Å². The van der Waals surface area contributed by atoms with Gasteiger partial charge in [-0.05, 0) is 26.3 Å². The first-order valence-corrected chi connectivity index (χ1v) is 5.99. The van der Waals surface area contributed by atoms with Crippen LogP contribution in [0.1, 0.15) is 32.8 Å². The minimum Gasteiger partial charge on any atom is -0.493 e. The monoisotopic (exact) mass is 237 g/mol. The van der Waals surface area contributed by atoms with E-state index >= 15 is 0 Å². The Hall–Kier alpha value is -1.22. The van der Waals surface area contributed by atoms with Crippen molar-refractivity contribution in [1.29, 1.82) is 0 Å². The van der Waals surface area contributed by atoms with Crippen LogP contribution in [0.5, 0.6) is 11.5 Å². The van der Waals surface area contributed by atoms with Gasteiger partial charge in [0.25, 0.3) is 0 Å². The van der Waals surface area contributed by atoms with Crippen molar-refractivity contribution < 1.29 is 9.47 Å². The van der Waals surface area contributed by atoms with Gasteiger partial charge in [-0.1, -0.05) is 19.1 Å². The highest BCUT2D eigenvalue weighted by Gasteiger charge is 2.16. The first-order valence-electron chi connectivity index (χ1n) is 5.99. The SMILES string of the molecule is CCC(C)(C)NCc1cccc(OC)c1OC. The third kappa shape index (κ3) is 3.63. The van der Waals surface area contributed by atoms with Gasteiger partial charge in [0, 0.05) is 17.6 Å². The summed E-state index contributed by atoms with van der Waals surface area (Å²) in [5, 5.41) is 3.52. The van der Waals surface area contributed by atoms with Gasteiger partial charge < -0.3 is 14.8 Å². The lowest BCUT2D eigenvalue weighted by Crippen LogP contribution is -2.37. The molecule has 0 amide bonds. The zero-order chi connectivity index (χ0) is 12.9. The molecule has 0 atom stereocenters. The summed E-state index contributed by atoms with van der Waals surface area (Å²) in [6, 6.07) is 5.95. The molecule has 3 nitrogen and oxygen atoms in total. The van der Waals surface area contributed by atoms with E-state index in [4.69, 9.17) is 9.47 Å². The summed E-state index contributed by atoms with van der Waals surface area (Å²) in [5.41, 5.74) is 1.25. The van der Waals surface area contributed by atoms with Crippen LogP contribution in [0.4, 0.5) is 0 Å². The lowest BCUT2D eigenvalue weighted by Gasteiger charge is -2.25. The van der Waals surface area contributed by atoms with Gasteiger partial charge in [0.2, 0.25) is 0 Å². The Morgan fingerprint density at radius 3 is 2.41 bits per heavy atom. The molecular formula is C14H23NO2. The number of hydrogen-bond donors (Lipinski definition) is 1. The number of nitrogens with one attached hydrogen (secondary N) is 1. The maximum absolute atomic E-state index is 5.40. The predicted octanol–water partition coefficient (Wildman–Crippen LogP) is 2.98. The summed E-state index contributed by atoms with van der Waals surface area (Å²) in [6.07, 6.45) is 1.08. The predicted molar refractivity (Wildman–Crippen MR) is 70.8 cm³/mol. The fraction of sp³-hybridized carbons (Fsp3) is 0.571. The average molecular weight is 237 g/mol. The molecule has 0 saturated heterocycles. The molecule has 3 heteroatoms. The van der Waals surface area contributed by atoms with Crippen molar-refractivity contribution in [3.05, 3.63) is 23.8 Å². The molecular weight excluding hydrogens is 214 g/mol. The molecule has 96 valence electrons. The lowest BCUT2D eigenvalue weighted by molar-refractivity contribution is 0.341. The van der Waals surface area contributed by atoms with Crippen LogP contribution < -0.4 is 14.8 Å². The molecule has 1 rings (SSSR count). The molecule has 0 unspecified atom stereocenters. The summed E-state index contributed by atoms with van der Waals surface area (Å²) in [7, 11) is 3.33. The quantitative estimate of drug-likeness (QED) is 0.825. The van der Waals surface area contributed by atoms with Crippen LogP contribution in [0.15, 0.2) is 18.2 Å². The summed E-state index contributed by atoms with van der Waals surface area (Å²) < 4.78 is 10.7. The second kappa shape index (κ2) is 5.92. The van der Waals surface area contributed by atoms with E-state index in [0.717, 1.165) is 30.0 Å². The molecule has 0 radical (unpaired) electrons. The van der Waals surface area contributed by atoms with E-state index in [1.807, 2.05) is 12.1 Å². The van der Waals surface area contributed by atoms with Crippen LogP contribution in [0.25, 0.3) is 0 Å². The van der Waals surface area contributed by atoms with Crippen molar-refractivity contribution in [2.75, 3.05) is 14.2 Å². The standard InChI is InChI=1S/C14H23NO2/c1-6-14(2,3)15-10-11-8-7-9-12(16-4)13(11)17-5/h7-9,15H,6,10H2,1-5H3. The van der Waals surface area contributed by atoms with Crippen LogP contribution in [0, 0.1) is 0 Å². The second-order valence-corrected chi connectivity index (χ2v) is 4.74. The molecule has 1 aromatic carbocycles. The molecule has 0 bridgehead atoms. The number of hydrogen-bond acceptors (Lipinski definition) is 3. The van der Waals surface area contributed by atoms with E-state index in [9.17, 15) is 0 Å². The molecule has 0 aliphatic rings. The highest BCUT2D eigenvalue weighted by Crippen LogP contribution is 2.30. The van der Waals surface area contributed by atoms with E-state index in [0.29, 0.717) is 0 Å². The Morgan fingerprint density at radius 2 is 1.88 bits per heavy atom. The first kappa shape index (κ1) is 13.8. The van der Waals surface area contributed by atoms with Gasteiger partial charge in [-0.25, -0.2) is 0 Å². The number of methoxy groups -OCH3 is 2. The van der Waals surface area contributed by atoms with Crippen LogP contribution in [0.3, 0.4) is 0 Å². The van der Waals surface area contributed by atoms with Gasteiger partial charge in [-0.2, -0.15) is 0 Å². The Labute approximate surface area is 104 Å². The first-order chi connectivity index (χ1) is 8.04. The van der Waals surface area contributed by atoms with E-state index in [1.165, 1.54) is 0 Å². The van der Waals surface area contributed by atoms with E-state index < -0.39 is 0 Å². The van der Waals surface area contributed by atoms with Gasteiger partial charge in [0.1, 0.15) is 0 Å². The third-order valence-corrected chi connectivity index (χ3v) is 3.13. The summed E-state index contributed by atoms with van der Waals surface area (Å²) in [6.45, 7) is 7.34. The lowest BCUT2D eigenvalue weighted by atomic mass is 10.0. The minimum absolute atomic E-state index is 0.133. The molecule has 17 heavy (non-hydrogen) atoms. The highest BCUT2D eigenvalue weighted by atomic mass is 16.5. The number of ether oxygens (including phenoxy) is 2. The topological polar surface area (TPSA) is 30.5 Å². The van der Waals surface area contributed by atoms with Gasteiger partial charge >= 0.3 is 0 Å². The molecule has 0 spiro atoms. The van der Waals surface area contributed by atoms with Gasteiger partial charge in [-0.3, -0.25) is 0 Å². The molecule has 0 heterocycles. The molecule has 1 aromatic rings. The Balaban J connectivity index is 2.84. The second-order valence-electron chi connectivity index (χ2n) is 4.74. The van der Waals surface area contributed by atoms with Crippen molar-refractivity contribution in [2.45, 2.75) is 39.3 Å². The number of para-hydroxylation sites is 1. The third-order valence-electron chi connectivity index (χ3n) is 3.13. The van der Waals surface area contributed by atoms with E-state index in [2.05, 4.69) is 32.2 Å². The number of rotatable bonds is 6. The largest absolute Gasteiger partial charge is 0.493 e. The van der Waals surface area contributed by atoms with E-state index in [-0.39, 0.29) is 5.54 Å². The van der Waals surface area contributed by atoms with Crippen LogP contribution >= 0.6 is 0 Å². The maximum Gasteiger partial charge on any atom is 0.165 e. The Bertz CT molecular complexity index is 361. The molecule has 0 fully saturated rings. The minimum atomic E-state index is 0.133.